The summed E-state index contributed by atoms with van der Waals surface area (Å²) in [5.74, 6) is -0.200. The highest BCUT2D eigenvalue weighted by Crippen LogP contribution is 2.35. The number of carbonyl (C=O) groups is 1. The van der Waals surface area contributed by atoms with E-state index in [1.54, 1.807) is 0 Å². The van der Waals surface area contributed by atoms with Crippen LogP contribution >= 0.6 is 0 Å². The Bertz CT molecular complexity index is 599. The first-order chi connectivity index (χ1) is 8.79. The molecule has 0 saturated heterocycles. The minimum absolute atomic E-state index is 0.200. The van der Waals surface area contributed by atoms with Crippen molar-refractivity contribution in [3.8, 4) is 0 Å². The van der Waals surface area contributed by atoms with Gasteiger partial charge in [0, 0.05) is 16.2 Å². The van der Waals surface area contributed by atoms with Crippen molar-refractivity contribution >= 4 is 11.6 Å². The second-order valence-electron chi connectivity index (χ2n) is 4.56. The standard InChI is InChI=1S/C13H12N4O/c14-17-16-11-6-5-9-7-8-3-1-2-4-10(8)12(9)15-13(11)18/h1-4,11H,5-7H2,(H,15,18). The zero-order valence-corrected chi connectivity index (χ0v) is 9.76. The molecule has 1 amide bonds. The highest BCUT2D eigenvalue weighted by molar-refractivity contribution is 5.94. The Morgan fingerprint density at radius 1 is 1.39 bits per heavy atom. The van der Waals surface area contributed by atoms with Gasteiger partial charge in [-0.2, -0.15) is 0 Å². The number of nitrogens with one attached hydrogen (secondary N) is 1. The number of fused-ring (bicyclic) bond motifs is 2. The molecule has 1 atom stereocenters. The van der Waals surface area contributed by atoms with Crippen LogP contribution in [0.1, 0.15) is 24.0 Å². The number of rotatable bonds is 1. The molecule has 18 heavy (non-hydrogen) atoms. The van der Waals surface area contributed by atoms with Crippen molar-refractivity contribution in [2.24, 2.45) is 5.11 Å². The molecule has 0 fully saturated rings. The van der Waals surface area contributed by atoms with Gasteiger partial charge in [-0.05, 0) is 35.9 Å². The monoisotopic (exact) mass is 240 g/mol. The minimum Gasteiger partial charge on any atom is -0.325 e. The zero-order chi connectivity index (χ0) is 12.5. The summed E-state index contributed by atoms with van der Waals surface area (Å²) in [4.78, 5) is 14.7. The Kier molecular flexibility index (Phi) is 2.54. The Balaban J connectivity index is 1.95. The van der Waals surface area contributed by atoms with Crippen LogP contribution in [0.4, 0.5) is 0 Å². The Hall–Kier alpha value is -2.26. The number of amides is 1. The lowest BCUT2D eigenvalue weighted by Gasteiger charge is -2.10. The number of benzene rings is 1. The van der Waals surface area contributed by atoms with Crippen molar-refractivity contribution in [2.45, 2.75) is 25.3 Å². The maximum Gasteiger partial charge on any atom is 0.233 e. The van der Waals surface area contributed by atoms with Crippen molar-refractivity contribution in [1.82, 2.24) is 5.32 Å². The van der Waals surface area contributed by atoms with Crippen LogP contribution in [0.15, 0.2) is 35.0 Å². The van der Waals surface area contributed by atoms with Crippen LogP contribution in [-0.4, -0.2) is 11.9 Å². The van der Waals surface area contributed by atoms with Crippen LogP contribution in [0.2, 0.25) is 0 Å². The molecule has 1 aromatic rings. The van der Waals surface area contributed by atoms with Crippen LogP contribution < -0.4 is 5.32 Å². The van der Waals surface area contributed by atoms with Gasteiger partial charge < -0.3 is 5.32 Å². The van der Waals surface area contributed by atoms with Gasteiger partial charge in [0.2, 0.25) is 5.91 Å². The summed E-state index contributed by atoms with van der Waals surface area (Å²) in [6.07, 6.45) is 2.27. The molecule has 1 N–H and O–H groups in total. The fourth-order valence-corrected chi connectivity index (χ4v) is 2.62. The fourth-order valence-electron chi connectivity index (χ4n) is 2.62. The highest BCUT2D eigenvalue weighted by atomic mass is 16.2. The molecule has 1 aliphatic carbocycles. The molecule has 1 aliphatic heterocycles. The van der Waals surface area contributed by atoms with E-state index in [2.05, 4.69) is 21.4 Å². The number of azide groups is 1. The predicted octanol–water partition coefficient (Wildman–Crippen LogP) is 2.54. The zero-order valence-electron chi connectivity index (χ0n) is 9.76. The van der Waals surface area contributed by atoms with E-state index in [0.29, 0.717) is 6.42 Å². The lowest BCUT2D eigenvalue weighted by atomic mass is 10.0. The van der Waals surface area contributed by atoms with Gasteiger partial charge in [-0.1, -0.05) is 29.4 Å². The van der Waals surface area contributed by atoms with E-state index in [-0.39, 0.29) is 5.91 Å². The molecule has 5 heteroatoms. The molecule has 2 aliphatic rings. The predicted molar refractivity (Wildman–Crippen MR) is 67.4 cm³/mol. The molecule has 5 nitrogen and oxygen atoms in total. The van der Waals surface area contributed by atoms with E-state index in [0.717, 1.165) is 24.1 Å². The molecule has 3 rings (SSSR count). The maximum atomic E-state index is 11.9. The van der Waals surface area contributed by atoms with Gasteiger partial charge in [-0.3, -0.25) is 4.79 Å². The smallest absolute Gasteiger partial charge is 0.233 e. The molecule has 0 aromatic heterocycles. The van der Waals surface area contributed by atoms with Crippen molar-refractivity contribution in [2.75, 3.05) is 0 Å². The first-order valence-electron chi connectivity index (χ1n) is 5.95. The highest BCUT2D eigenvalue weighted by Gasteiger charge is 2.29. The Morgan fingerprint density at radius 3 is 3.06 bits per heavy atom. The number of nitrogens with zero attached hydrogens (tertiary/aromatic N) is 3. The summed E-state index contributed by atoms with van der Waals surface area (Å²) in [5, 5.41) is 6.46. The van der Waals surface area contributed by atoms with Gasteiger partial charge in [0.15, 0.2) is 0 Å². The summed E-state index contributed by atoms with van der Waals surface area (Å²) in [5.41, 5.74) is 13.0. The largest absolute Gasteiger partial charge is 0.325 e. The van der Waals surface area contributed by atoms with Gasteiger partial charge in [0.05, 0.1) is 0 Å². The second-order valence-corrected chi connectivity index (χ2v) is 4.56. The maximum absolute atomic E-state index is 11.9. The molecule has 1 heterocycles. The van der Waals surface area contributed by atoms with Crippen LogP contribution in [0.3, 0.4) is 0 Å². The molecule has 0 saturated carbocycles. The van der Waals surface area contributed by atoms with E-state index in [4.69, 9.17) is 5.53 Å². The molecule has 0 spiro atoms. The molecule has 90 valence electrons. The number of carbonyl (C=O) groups excluding carboxylic acids is 1. The van der Waals surface area contributed by atoms with E-state index in [1.165, 1.54) is 11.1 Å². The third-order valence-electron chi connectivity index (χ3n) is 3.51. The van der Waals surface area contributed by atoms with Crippen LogP contribution in [0, 0.1) is 0 Å². The molecule has 0 radical (unpaired) electrons. The summed E-state index contributed by atoms with van der Waals surface area (Å²) in [6, 6.07) is 7.49. The molecular formula is C13H12N4O. The van der Waals surface area contributed by atoms with Gasteiger partial charge >= 0.3 is 0 Å². The van der Waals surface area contributed by atoms with E-state index in [1.807, 2.05) is 18.2 Å². The molecular weight excluding hydrogens is 228 g/mol. The fraction of sp³-hybridized carbons (Fsp3) is 0.308. The summed E-state index contributed by atoms with van der Waals surface area (Å²) in [6.45, 7) is 0. The SMILES string of the molecule is [N-]=[N+]=NC1CCC2=C(NC1=O)c1ccccc1C2. The van der Waals surface area contributed by atoms with Gasteiger partial charge in [-0.15, -0.1) is 0 Å². The van der Waals surface area contributed by atoms with E-state index >= 15 is 0 Å². The first kappa shape index (κ1) is 10.9. The van der Waals surface area contributed by atoms with Gasteiger partial charge in [0.25, 0.3) is 0 Å². The minimum atomic E-state index is -0.590. The number of hydrogen-bond acceptors (Lipinski definition) is 2. The summed E-state index contributed by atoms with van der Waals surface area (Å²) in [7, 11) is 0. The van der Waals surface area contributed by atoms with Crippen molar-refractivity contribution in [3.63, 3.8) is 0 Å². The normalized spacial score (nSPS) is 21.6. The van der Waals surface area contributed by atoms with Gasteiger partial charge in [-0.25, -0.2) is 0 Å². The first-order valence-corrected chi connectivity index (χ1v) is 5.95. The average Bonchev–Trinajstić information content (AvgIpc) is 2.65. The van der Waals surface area contributed by atoms with E-state index in [9.17, 15) is 4.79 Å². The number of allylic oxidation sites excluding steroid dienone is 1. The van der Waals surface area contributed by atoms with Crippen LogP contribution in [-0.2, 0) is 11.2 Å². The summed E-state index contributed by atoms with van der Waals surface area (Å²) < 4.78 is 0. The van der Waals surface area contributed by atoms with Crippen LogP contribution in [0.5, 0.6) is 0 Å². The number of hydrogen-bond donors (Lipinski definition) is 1. The topological polar surface area (TPSA) is 77.9 Å². The van der Waals surface area contributed by atoms with Crippen molar-refractivity contribution < 1.29 is 4.79 Å². The average molecular weight is 240 g/mol. The van der Waals surface area contributed by atoms with E-state index < -0.39 is 6.04 Å². The lowest BCUT2D eigenvalue weighted by Crippen LogP contribution is -2.30. The Morgan fingerprint density at radius 2 is 2.22 bits per heavy atom. The molecule has 0 bridgehead atoms. The Labute approximate surface area is 104 Å². The molecule has 1 aromatic carbocycles. The lowest BCUT2D eigenvalue weighted by molar-refractivity contribution is -0.121. The third-order valence-corrected chi connectivity index (χ3v) is 3.51. The third kappa shape index (κ3) is 1.65. The molecule has 1 unspecified atom stereocenters. The van der Waals surface area contributed by atoms with Gasteiger partial charge in [0.1, 0.15) is 6.04 Å². The quantitative estimate of drug-likeness (QED) is 0.457. The van der Waals surface area contributed by atoms with Crippen LogP contribution in [0.25, 0.3) is 16.1 Å². The summed E-state index contributed by atoms with van der Waals surface area (Å²) >= 11 is 0. The second kappa shape index (κ2) is 4.20. The van der Waals surface area contributed by atoms with Crippen molar-refractivity contribution in [1.29, 1.82) is 0 Å². The van der Waals surface area contributed by atoms with Crippen molar-refractivity contribution in [3.05, 3.63) is 51.4 Å².